The van der Waals surface area contributed by atoms with Crippen molar-refractivity contribution in [2.75, 3.05) is 6.54 Å². The van der Waals surface area contributed by atoms with Crippen molar-refractivity contribution in [2.24, 2.45) is 11.8 Å². The Hall–Kier alpha value is -1.10. The molecule has 0 saturated carbocycles. The maximum atomic E-state index is 11.9. The number of carbonyl (C=O) groups excluding carboxylic acids is 1. The zero-order valence-corrected chi connectivity index (χ0v) is 10.8. The molecule has 0 amide bonds. The molecule has 5 heteroatoms. The number of hydrogen-bond acceptors (Lipinski definition) is 4. The van der Waals surface area contributed by atoms with Crippen LogP contribution in [0.25, 0.3) is 0 Å². The molecule has 3 unspecified atom stereocenters. The van der Waals surface area contributed by atoms with Crippen LogP contribution in [0.2, 0.25) is 0 Å². The van der Waals surface area contributed by atoms with Gasteiger partial charge in [-0.1, -0.05) is 6.92 Å². The smallest absolute Gasteiger partial charge is 0.324 e. The number of rotatable bonds is 2. The van der Waals surface area contributed by atoms with Gasteiger partial charge in [0.25, 0.3) is 0 Å². The SMILES string of the molecule is CC1CCNC(C(=O)OC(C)(C)C)C1C(=O)O. The molecule has 3 atom stereocenters. The summed E-state index contributed by atoms with van der Waals surface area (Å²) in [6.45, 7) is 7.82. The molecule has 0 radical (unpaired) electrons. The number of aliphatic carboxylic acids is 1. The molecule has 1 aliphatic heterocycles. The Morgan fingerprint density at radius 1 is 1.35 bits per heavy atom. The van der Waals surface area contributed by atoms with E-state index in [1.165, 1.54) is 0 Å². The summed E-state index contributed by atoms with van der Waals surface area (Å²) in [5, 5.41) is 12.1. The molecule has 1 fully saturated rings. The number of carboxylic acid groups (broad SMARTS) is 1. The molecule has 17 heavy (non-hydrogen) atoms. The van der Waals surface area contributed by atoms with Gasteiger partial charge in [0.2, 0.25) is 0 Å². The van der Waals surface area contributed by atoms with Crippen molar-refractivity contribution < 1.29 is 19.4 Å². The molecule has 0 aliphatic carbocycles. The predicted octanol–water partition coefficient (Wildman–Crippen LogP) is 1.03. The molecule has 1 heterocycles. The van der Waals surface area contributed by atoms with Gasteiger partial charge in [0.1, 0.15) is 11.6 Å². The lowest BCUT2D eigenvalue weighted by Crippen LogP contribution is -2.54. The van der Waals surface area contributed by atoms with Crippen LogP contribution in [0.3, 0.4) is 0 Å². The van der Waals surface area contributed by atoms with Crippen molar-refractivity contribution in [3.05, 3.63) is 0 Å². The third-order valence-electron chi connectivity index (χ3n) is 2.88. The standard InChI is InChI=1S/C12H21NO4/c1-7-5-6-13-9(8(7)10(14)15)11(16)17-12(2,3)4/h7-9,13H,5-6H2,1-4H3,(H,14,15). The topological polar surface area (TPSA) is 75.6 Å². The number of carbonyl (C=O) groups is 2. The van der Waals surface area contributed by atoms with Crippen LogP contribution < -0.4 is 5.32 Å². The van der Waals surface area contributed by atoms with Crippen LogP contribution in [0, 0.1) is 11.8 Å². The largest absolute Gasteiger partial charge is 0.481 e. The van der Waals surface area contributed by atoms with E-state index >= 15 is 0 Å². The van der Waals surface area contributed by atoms with Gasteiger partial charge in [0, 0.05) is 0 Å². The van der Waals surface area contributed by atoms with E-state index in [0.29, 0.717) is 6.54 Å². The summed E-state index contributed by atoms with van der Waals surface area (Å²) in [7, 11) is 0. The Balaban J connectivity index is 2.79. The summed E-state index contributed by atoms with van der Waals surface area (Å²) >= 11 is 0. The Bertz CT molecular complexity index is 308. The van der Waals surface area contributed by atoms with E-state index in [4.69, 9.17) is 4.74 Å². The molecule has 0 aromatic carbocycles. The number of carboxylic acids is 1. The fourth-order valence-corrected chi connectivity index (χ4v) is 2.08. The third kappa shape index (κ3) is 3.70. The first kappa shape index (κ1) is 14.0. The van der Waals surface area contributed by atoms with Gasteiger partial charge < -0.3 is 15.2 Å². The van der Waals surface area contributed by atoms with Crippen LogP contribution in [0.15, 0.2) is 0 Å². The fraction of sp³-hybridized carbons (Fsp3) is 0.833. The van der Waals surface area contributed by atoms with Crippen LogP contribution in [0.5, 0.6) is 0 Å². The van der Waals surface area contributed by atoms with Gasteiger partial charge in [-0.25, -0.2) is 0 Å². The quantitative estimate of drug-likeness (QED) is 0.708. The Kier molecular flexibility index (Phi) is 4.14. The third-order valence-corrected chi connectivity index (χ3v) is 2.88. The van der Waals surface area contributed by atoms with Gasteiger partial charge in [-0.3, -0.25) is 9.59 Å². The summed E-state index contributed by atoms with van der Waals surface area (Å²) < 4.78 is 5.24. The summed E-state index contributed by atoms with van der Waals surface area (Å²) in [4.78, 5) is 23.1. The lowest BCUT2D eigenvalue weighted by Gasteiger charge is -2.34. The normalized spacial score (nSPS) is 29.8. The van der Waals surface area contributed by atoms with Crippen molar-refractivity contribution >= 4 is 11.9 Å². The van der Waals surface area contributed by atoms with Crippen molar-refractivity contribution in [3.8, 4) is 0 Å². The first-order valence-electron chi connectivity index (χ1n) is 5.91. The Morgan fingerprint density at radius 3 is 2.41 bits per heavy atom. The molecule has 1 saturated heterocycles. The van der Waals surface area contributed by atoms with E-state index in [-0.39, 0.29) is 5.92 Å². The number of hydrogen-bond donors (Lipinski definition) is 2. The van der Waals surface area contributed by atoms with E-state index < -0.39 is 29.5 Å². The van der Waals surface area contributed by atoms with E-state index in [1.54, 1.807) is 20.8 Å². The molecule has 98 valence electrons. The first-order chi connectivity index (χ1) is 7.72. The van der Waals surface area contributed by atoms with Gasteiger partial charge in [0.15, 0.2) is 0 Å². The zero-order valence-electron chi connectivity index (χ0n) is 10.8. The van der Waals surface area contributed by atoms with Crippen LogP contribution in [0.4, 0.5) is 0 Å². The van der Waals surface area contributed by atoms with Crippen LogP contribution >= 0.6 is 0 Å². The number of piperidine rings is 1. The van der Waals surface area contributed by atoms with Crippen LogP contribution in [-0.4, -0.2) is 35.2 Å². The van der Waals surface area contributed by atoms with Crippen molar-refractivity contribution in [1.29, 1.82) is 0 Å². The maximum Gasteiger partial charge on any atom is 0.324 e. The molecule has 2 N–H and O–H groups in total. The lowest BCUT2D eigenvalue weighted by molar-refractivity contribution is -0.166. The first-order valence-corrected chi connectivity index (χ1v) is 5.91. The molecule has 0 bridgehead atoms. The number of esters is 1. The molecule has 0 aromatic heterocycles. The summed E-state index contributed by atoms with van der Waals surface area (Å²) in [5.41, 5.74) is -0.595. The van der Waals surface area contributed by atoms with E-state index in [9.17, 15) is 14.7 Å². The van der Waals surface area contributed by atoms with Gasteiger partial charge in [-0.2, -0.15) is 0 Å². The zero-order chi connectivity index (χ0) is 13.2. The van der Waals surface area contributed by atoms with E-state index in [1.807, 2.05) is 6.92 Å². The molecule has 0 spiro atoms. The Morgan fingerprint density at radius 2 is 1.94 bits per heavy atom. The van der Waals surface area contributed by atoms with Gasteiger partial charge in [-0.05, 0) is 39.7 Å². The molecular formula is C12H21NO4. The highest BCUT2D eigenvalue weighted by atomic mass is 16.6. The van der Waals surface area contributed by atoms with Crippen molar-refractivity contribution in [3.63, 3.8) is 0 Å². The molecular weight excluding hydrogens is 222 g/mol. The molecule has 0 aromatic rings. The summed E-state index contributed by atoms with van der Waals surface area (Å²) in [5.74, 6) is -2.15. The average molecular weight is 243 g/mol. The average Bonchev–Trinajstić information content (AvgIpc) is 2.13. The van der Waals surface area contributed by atoms with Crippen LogP contribution in [0.1, 0.15) is 34.1 Å². The summed E-state index contributed by atoms with van der Waals surface area (Å²) in [6.07, 6.45) is 0.760. The molecule has 1 aliphatic rings. The molecule has 5 nitrogen and oxygen atoms in total. The predicted molar refractivity (Wildman–Crippen MR) is 62.5 cm³/mol. The van der Waals surface area contributed by atoms with Gasteiger partial charge in [-0.15, -0.1) is 0 Å². The maximum absolute atomic E-state index is 11.9. The second-order valence-corrected chi connectivity index (χ2v) is 5.60. The lowest BCUT2D eigenvalue weighted by atomic mass is 9.82. The highest BCUT2D eigenvalue weighted by Gasteiger charge is 2.42. The Labute approximate surface area is 102 Å². The van der Waals surface area contributed by atoms with E-state index in [0.717, 1.165) is 6.42 Å². The fourth-order valence-electron chi connectivity index (χ4n) is 2.08. The van der Waals surface area contributed by atoms with Crippen LogP contribution in [-0.2, 0) is 14.3 Å². The second-order valence-electron chi connectivity index (χ2n) is 5.60. The van der Waals surface area contributed by atoms with Crippen molar-refractivity contribution in [1.82, 2.24) is 5.32 Å². The highest BCUT2D eigenvalue weighted by molar-refractivity contribution is 5.84. The minimum Gasteiger partial charge on any atom is -0.481 e. The molecule has 1 rings (SSSR count). The van der Waals surface area contributed by atoms with Gasteiger partial charge in [0.05, 0.1) is 5.92 Å². The minimum atomic E-state index is -0.944. The monoisotopic (exact) mass is 243 g/mol. The second kappa shape index (κ2) is 5.04. The minimum absolute atomic E-state index is 0.0220. The number of ether oxygens (including phenoxy) is 1. The van der Waals surface area contributed by atoms with Gasteiger partial charge >= 0.3 is 11.9 Å². The van der Waals surface area contributed by atoms with E-state index in [2.05, 4.69) is 5.32 Å². The number of nitrogens with one attached hydrogen (secondary N) is 1. The summed E-state index contributed by atoms with van der Waals surface area (Å²) in [6, 6.07) is -0.740. The highest BCUT2D eigenvalue weighted by Crippen LogP contribution is 2.25. The van der Waals surface area contributed by atoms with Crippen molar-refractivity contribution in [2.45, 2.75) is 45.8 Å².